The van der Waals surface area contributed by atoms with Crippen molar-refractivity contribution in [2.24, 2.45) is 4.99 Å². The van der Waals surface area contributed by atoms with Gasteiger partial charge in [-0.25, -0.2) is 4.99 Å². The van der Waals surface area contributed by atoms with E-state index in [0.29, 0.717) is 11.4 Å². The van der Waals surface area contributed by atoms with E-state index in [0.717, 1.165) is 11.4 Å². The molecule has 0 radical (unpaired) electrons. The van der Waals surface area contributed by atoms with Gasteiger partial charge in [-0.1, -0.05) is 0 Å². The number of hydrogen-bond donors (Lipinski definition) is 4. The smallest absolute Gasteiger partial charge is 0.193 e. The van der Waals surface area contributed by atoms with Crippen molar-refractivity contribution in [1.82, 2.24) is 10.2 Å². The number of nitrogen functional groups attached to an aromatic ring is 1. The summed E-state index contributed by atoms with van der Waals surface area (Å²) >= 11 is 0. The van der Waals surface area contributed by atoms with E-state index in [1.807, 2.05) is 12.1 Å². The van der Waals surface area contributed by atoms with Crippen molar-refractivity contribution in [2.45, 2.75) is 0 Å². The number of hydrogen-bond acceptors (Lipinski definition) is 7. The molecule has 0 atom stereocenters. The summed E-state index contributed by atoms with van der Waals surface area (Å²) in [6.45, 7) is 0. The van der Waals surface area contributed by atoms with E-state index in [9.17, 15) is 10.4 Å². The first-order chi connectivity index (χ1) is 12.6. The van der Waals surface area contributed by atoms with Crippen LogP contribution in [-0.4, -0.2) is 28.6 Å². The van der Waals surface area contributed by atoms with E-state index < -0.39 is 0 Å². The molecular formula is C18H16N6O2. The number of nitrogens with one attached hydrogen (secondary N) is 2. The number of anilines is 3. The van der Waals surface area contributed by atoms with Crippen LogP contribution in [0.4, 0.5) is 23.0 Å². The number of aliphatic imine (C=N–C) groups is 1. The number of H-pyrrole nitrogens is 1. The summed E-state index contributed by atoms with van der Waals surface area (Å²) in [5.41, 5.74) is 7.63. The Kier molecular flexibility index (Phi) is 4.71. The van der Waals surface area contributed by atoms with Gasteiger partial charge >= 0.3 is 0 Å². The first kappa shape index (κ1) is 16.9. The Balaban J connectivity index is 1.82. The van der Waals surface area contributed by atoms with Crippen LogP contribution in [0.1, 0.15) is 11.1 Å². The van der Waals surface area contributed by atoms with Gasteiger partial charge in [0, 0.05) is 11.9 Å². The van der Waals surface area contributed by atoms with Crippen LogP contribution in [0.3, 0.4) is 0 Å². The van der Waals surface area contributed by atoms with Gasteiger partial charge in [0.1, 0.15) is 28.9 Å². The number of benzene rings is 2. The van der Waals surface area contributed by atoms with Crippen LogP contribution in [0.15, 0.2) is 47.5 Å². The van der Waals surface area contributed by atoms with E-state index in [2.05, 4.69) is 26.6 Å². The molecule has 5 N–H and O–H groups in total. The Labute approximate surface area is 149 Å². The molecular weight excluding hydrogens is 332 g/mol. The number of rotatable bonds is 5. The van der Waals surface area contributed by atoms with Crippen molar-refractivity contribution < 1.29 is 9.84 Å². The first-order valence-electron chi connectivity index (χ1n) is 7.63. The van der Waals surface area contributed by atoms with Crippen molar-refractivity contribution in [2.75, 3.05) is 18.2 Å². The molecule has 0 aliphatic rings. The lowest BCUT2D eigenvalue weighted by molar-refractivity contribution is 0.415. The minimum absolute atomic E-state index is 0.00520. The minimum Gasteiger partial charge on any atom is -0.506 e. The number of ether oxygens (including phenoxy) is 1. The van der Waals surface area contributed by atoms with Crippen LogP contribution < -0.4 is 15.8 Å². The average molecular weight is 348 g/mol. The molecule has 0 aliphatic heterocycles. The lowest BCUT2D eigenvalue weighted by Crippen LogP contribution is -1.93. The van der Waals surface area contributed by atoms with Crippen molar-refractivity contribution in [1.29, 1.82) is 5.26 Å². The lowest BCUT2D eigenvalue weighted by atomic mass is 10.2. The zero-order chi connectivity index (χ0) is 18.5. The molecule has 0 aliphatic carbocycles. The van der Waals surface area contributed by atoms with E-state index in [1.165, 1.54) is 12.3 Å². The van der Waals surface area contributed by atoms with E-state index >= 15 is 0 Å². The van der Waals surface area contributed by atoms with Crippen molar-refractivity contribution in [3.63, 3.8) is 0 Å². The average Bonchev–Trinajstić information content (AvgIpc) is 3.05. The molecule has 3 aromatic rings. The molecule has 3 rings (SSSR count). The van der Waals surface area contributed by atoms with Gasteiger partial charge in [0.2, 0.25) is 0 Å². The number of aromatic amines is 1. The van der Waals surface area contributed by atoms with Crippen LogP contribution in [0, 0.1) is 11.3 Å². The second-order valence-electron chi connectivity index (χ2n) is 5.34. The van der Waals surface area contributed by atoms with E-state index in [1.54, 1.807) is 31.4 Å². The largest absolute Gasteiger partial charge is 0.506 e. The number of phenolic OH excluding ortho intramolecular Hbond substituents is 1. The van der Waals surface area contributed by atoms with Gasteiger partial charge in [-0.3, -0.25) is 5.10 Å². The Morgan fingerprint density at radius 3 is 2.73 bits per heavy atom. The maximum absolute atomic E-state index is 9.44. The maximum Gasteiger partial charge on any atom is 0.193 e. The van der Waals surface area contributed by atoms with Gasteiger partial charge in [0.15, 0.2) is 5.82 Å². The highest BCUT2D eigenvalue weighted by Crippen LogP contribution is 2.27. The Hall–Kier alpha value is -3.99. The highest BCUT2D eigenvalue weighted by Gasteiger charge is 2.12. The van der Waals surface area contributed by atoms with Crippen molar-refractivity contribution >= 4 is 29.2 Å². The number of aromatic nitrogens is 2. The van der Waals surface area contributed by atoms with E-state index in [4.69, 9.17) is 10.5 Å². The summed E-state index contributed by atoms with van der Waals surface area (Å²) < 4.78 is 5.11. The Bertz CT molecular complexity index is 986. The monoisotopic (exact) mass is 348 g/mol. The zero-order valence-corrected chi connectivity index (χ0v) is 13.9. The molecule has 2 aromatic carbocycles. The molecule has 0 saturated heterocycles. The van der Waals surface area contributed by atoms with Gasteiger partial charge in [-0.05, 0) is 48.0 Å². The highest BCUT2D eigenvalue weighted by atomic mass is 16.5. The molecule has 8 heteroatoms. The third-order valence-electron chi connectivity index (χ3n) is 3.61. The summed E-state index contributed by atoms with van der Waals surface area (Å²) in [5, 5.41) is 28.8. The van der Waals surface area contributed by atoms with Crippen LogP contribution in [0.5, 0.6) is 11.5 Å². The highest BCUT2D eigenvalue weighted by molar-refractivity contribution is 5.85. The first-order valence-corrected chi connectivity index (χ1v) is 7.63. The zero-order valence-electron chi connectivity index (χ0n) is 13.9. The number of aromatic hydroxyl groups is 1. The second-order valence-corrected chi connectivity index (χ2v) is 5.34. The molecule has 0 bridgehead atoms. The molecule has 0 fully saturated rings. The third kappa shape index (κ3) is 3.57. The van der Waals surface area contributed by atoms with E-state index in [-0.39, 0.29) is 22.8 Å². The van der Waals surface area contributed by atoms with Gasteiger partial charge in [0.25, 0.3) is 0 Å². The van der Waals surface area contributed by atoms with Gasteiger partial charge in [-0.15, -0.1) is 0 Å². The summed E-state index contributed by atoms with van der Waals surface area (Å²) in [4.78, 5) is 4.22. The van der Waals surface area contributed by atoms with Crippen LogP contribution in [-0.2, 0) is 0 Å². The summed E-state index contributed by atoms with van der Waals surface area (Å²) in [6.07, 6.45) is 1.52. The Morgan fingerprint density at radius 2 is 2.08 bits per heavy atom. The molecule has 1 aromatic heterocycles. The SMILES string of the molecule is COc1ccc(Nc2[nH]nc(N=Cc3ccc(O)c(N)c3)c2C#N)cc1. The summed E-state index contributed by atoms with van der Waals surface area (Å²) in [6, 6.07) is 14.0. The molecule has 0 amide bonds. The number of nitrogens with zero attached hydrogens (tertiary/aromatic N) is 3. The second kappa shape index (κ2) is 7.27. The molecule has 130 valence electrons. The molecule has 0 unspecified atom stereocenters. The third-order valence-corrected chi connectivity index (χ3v) is 3.61. The van der Waals surface area contributed by atoms with Gasteiger partial charge in [-0.2, -0.15) is 10.4 Å². The Morgan fingerprint density at radius 1 is 1.31 bits per heavy atom. The van der Waals surface area contributed by atoms with Crippen LogP contribution in [0.2, 0.25) is 0 Å². The molecule has 0 spiro atoms. The van der Waals surface area contributed by atoms with Gasteiger partial charge < -0.3 is 20.9 Å². The quantitative estimate of drug-likeness (QED) is 0.318. The molecule has 8 nitrogen and oxygen atoms in total. The number of nitriles is 1. The lowest BCUT2D eigenvalue weighted by Gasteiger charge is -2.05. The molecule has 1 heterocycles. The number of methoxy groups -OCH3 is 1. The van der Waals surface area contributed by atoms with Crippen molar-refractivity contribution in [3.8, 4) is 17.6 Å². The number of phenols is 1. The maximum atomic E-state index is 9.44. The normalized spacial score (nSPS) is 10.6. The summed E-state index contributed by atoms with van der Waals surface area (Å²) in [7, 11) is 1.59. The predicted molar refractivity (Wildman–Crippen MR) is 99.4 cm³/mol. The van der Waals surface area contributed by atoms with Gasteiger partial charge in [0.05, 0.1) is 12.8 Å². The molecule has 26 heavy (non-hydrogen) atoms. The fourth-order valence-electron chi connectivity index (χ4n) is 2.23. The topological polar surface area (TPSA) is 132 Å². The fourth-order valence-corrected chi connectivity index (χ4v) is 2.23. The standard InChI is InChI=1S/C18H16N6O2/c1-26-13-5-3-12(4-6-13)22-18-14(9-19)17(23-24-18)21-10-11-2-7-16(25)15(20)8-11/h2-8,10,25H,20H2,1H3,(H2,22,23,24). The molecule has 0 saturated carbocycles. The minimum atomic E-state index is 0.00520. The number of nitrogens with two attached hydrogens (primary N) is 1. The van der Waals surface area contributed by atoms with Crippen LogP contribution in [0.25, 0.3) is 0 Å². The fraction of sp³-hybridized carbons (Fsp3) is 0.0556. The van der Waals surface area contributed by atoms with Crippen LogP contribution >= 0.6 is 0 Å². The van der Waals surface area contributed by atoms with Crippen molar-refractivity contribution in [3.05, 3.63) is 53.6 Å². The predicted octanol–water partition coefficient (Wildman–Crippen LogP) is 3.07. The summed E-state index contributed by atoms with van der Waals surface area (Å²) in [5.74, 6) is 1.43.